The topological polar surface area (TPSA) is 119 Å². The number of piperazine rings is 1. The minimum atomic E-state index is -0.258. The molecule has 0 radical (unpaired) electrons. The van der Waals surface area contributed by atoms with Gasteiger partial charge in [0.15, 0.2) is 0 Å². The number of fused-ring (bicyclic) bond motifs is 1. The fourth-order valence-electron chi connectivity index (χ4n) is 11.1. The molecule has 6 fully saturated rings. The molecule has 2 aliphatic heterocycles. The number of hydrogen-bond acceptors (Lipinski definition) is 8. The van der Waals surface area contributed by atoms with E-state index in [4.69, 9.17) is 4.98 Å². The van der Waals surface area contributed by atoms with Crippen LogP contribution in [0.5, 0.6) is 0 Å². The average molecular weight is 763 g/mol. The van der Waals surface area contributed by atoms with Crippen molar-refractivity contribution in [2.45, 2.75) is 89.2 Å². The van der Waals surface area contributed by atoms with Crippen molar-refractivity contribution in [3.8, 4) is 11.1 Å². The van der Waals surface area contributed by atoms with Gasteiger partial charge in [0.05, 0.1) is 17.3 Å². The van der Waals surface area contributed by atoms with Gasteiger partial charge in [-0.05, 0) is 125 Å². The second-order valence-corrected chi connectivity index (χ2v) is 18.5. The molecule has 0 atom stereocenters. The molecule has 4 aliphatic carbocycles. The predicted octanol–water partition coefficient (Wildman–Crippen LogP) is 6.27. The third kappa shape index (κ3) is 6.98. The van der Waals surface area contributed by atoms with Crippen LogP contribution in [0.25, 0.3) is 22.0 Å². The molecular formula is C43H54N8O3S. The maximum absolute atomic E-state index is 13.8. The van der Waals surface area contributed by atoms with E-state index in [-0.39, 0.29) is 24.1 Å². The number of benzene rings is 1. The molecule has 1 aromatic carbocycles. The van der Waals surface area contributed by atoms with E-state index < -0.39 is 0 Å². The zero-order chi connectivity index (χ0) is 38.0. The maximum Gasteiger partial charge on any atom is 0.254 e. The number of rotatable bonds is 10. The zero-order valence-corrected chi connectivity index (χ0v) is 33.5. The summed E-state index contributed by atoms with van der Waals surface area (Å²) in [5.41, 5.74) is 4.65. The molecule has 5 heterocycles. The Morgan fingerprint density at radius 2 is 1.67 bits per heavy atom. The molecule has 11 nitrogen and oxygen atoms in total. The van der Waals surface area contributed by atoms with Gasteiger partial charge in [-0.2, -0.15) is 5.10 Å². The van der Waals surface area contributed by atoms with Crippen molar-refractivity contribution < 1.29 is 9.59 Å². The molecule has 55 heavy (non-hydrogen) atoms. The number of thioether (sulfide) groups is 1. The number of likely N-dealkylation sites (tertiary alicyclic amines) is 1. The number of hydrogen-bond donors (Lipinski definition) is 2. The molecule has 12 heteroatoms. The van der Waals surface area contributed by atoms with Crippen molar-refractivity contribution in [1.82, 2.24) is 34.9 Å². The highest BCUT2D eigenvalue weighted by Crippen LogP contribution is 2.61. The molecule has 2 amide bonds. The molecule has 290 valence electrons. The molecular weight excluding hydrogens is 709 g/mol. The largest absolute Gasteiger partial charge is 0.354 e. The predicted molar refractivity (Wildman–Crippen MR) is 217 cm³/mol. The number of aromatic nitrogens is 4. The number of aryl methyl sites for hydroxylation is 1. The van der Waals surface area contributed by atoms with Crippen molar-refractivity contribution in [2.24, 2.45) is 23.2 Å². The van der Waals surface area contributed by atoms with Crippen LogP contribution in [0.3, 0.4) is 0 Å². The third-order valence-electron chi connectivity index (χ3n) is 13.5. The van der Waals surface area contributed by atoms with Gasteiger partial charge in [-0.25, -0.2) is 4.98 Å². The molecule has 3 aromatic heterocycles. The Morgan fingerprint density at radius 3 is 2.31 bits per heavy atom. The Balaban J connectivity index is 0.834. The van der Waals surface area contributed by atoms with Crippen molar-refractivity contribution in [2.75, 3.05) is 50.4 Å². The SMILES string of the molecule is CSc1cc(C)[nH]c(=O)c1CNC(=O)c1cc(-c2ccc(N3CCN(C4CN(C(=O)CC56CC7CC(CC(C7)C5)C6)C4)CC3)nc2)cc2c1cnn2C(C)C. The van der Waals surface area contributed by atoms with E-state index in [0.717, 1.165) is 102 Å². The van der Waals surface area contributed by atoms with Gasteiger partial charge >= 0.3 is 0 Å². The Morgan fingerprint density at radius 1 is 0.964 bits per heavy atom. The number of anilines is 1. The highest BCUT2D eigenvalue weighted by Gasteiger charge is 2.52. The van der Waals surface area contributed by atoms with Crippen LogP contribution in [0.1, 0.15) is 86.5 Å². The molecule has 0 spiro atoms. The first-order valence-corrected chi connectivity index (χ1v) is 21.6. The van der Waals surface area contributed by atoms with Gasteiger partial charge in [0.2, 0.25) is 5.91 Å². The Bertz CT molecular complexity index is 2130. The van der Waals surface area contributed by atoms with Crippen LogP contribution in [0.4, 0.5) is 5.82 Å². The Kier molecular flexibility index (Phi) is 9.55. The number of nitrogens with one attached hydrogen (secondary N) is 2. The van der Waals surface area contributed by atoms with Crippen LogP contribution in [-0.2, 0) is 11.3 Å². The number of nitrogens with zero attached hydrogens (tertiary/aromatic N) is 6. The summed E-state index contributed by atoms with van der Waals surface area (Å²) in [6, 6.07) is 10.7. The summed E-state index contributed by atoms with van der Waals surface area (Å²) in [7, 11) is 0. The second-order valence-electron chi connectivity index (χ2n) is 17.6. The fourth-order valence-corrected chi connectivity index (χ4v) is 11.8. The molecule has 6 aliphatic rings. The van der Waals surface area contributed by atoms with Crippen LogP contribution in [0, 0.1) is 30.1 Å². The van der Waals surface area contributed by atoms with Crippen molar-refractivity contribution in [3.63, 3.8) is 0 Å². The zero-order valence-electron chi connectivity index (χ0n) is 32.6. The van der Waals surface area contributed by atoms with Gasteiger partial charge in [0, 0.05) is 97.6 Å². The van der Waals surface area contributed by atoms with Gasteiger partial charge in [0.25, 0.3) is 11.5 Å². The van der Waals surface area contributed by atoms with E-state index >= 15 is 0 Å². The summed E-state index contributed by atoms with van der Waals surface area (Å²) in [5, 5.41) is 8.41. The lowest BCUT2D eigenvalue weighted by atomic mass is 9.49. The maximum atomic E-state index is 13.8. The average Bonchev–Trinajstić information content (AvgIpc) is 3.57. The highest BCUT2D eigenvalue weighted by atomic mass is 32.2. The molecule has 4 aromatic rings. The van der Waals surface area contributed by atoms with Crippen LogP contribution in [-0.4, -0.2) is 92.9 Å². The van der Waals surface area contributed by atoms with E-state index in [0.29, 0.717) is 28.5 Å². The number of carbonyl (C=O) groups is 2. The van der Waals surface area contributed by atoms with Crippen LogP contribution >= 0.6 is 11.8 Å². The molecule has 2 saturated heterocycles. The Hall–Kier alpha value is -4.16. The van der Waals surface area contributed by atoms with E-state index in [1.54, 1.807) is 6.20 Å². The van der Waals surface area contributed by atoms with Gasteiger partial charge in [-0.15, -0.1) is 11.8 Å². The van der Waals surface area contributed by atoms with E-state index in [1.165, 1.54) is 50.3 Å². The molecule has 4 bridgehead atoms. The van der Waals surface area contributed by atoms with E-state index in [2.05, 4.69) is 62.1 Å². The summed E-state index contributed by atoms with van der Waals surface area (Å²) in [4.78, 5) is 55.7. The first-order chi connectivity index (χ1) is 26.5. The highest BCUT2D eigenvalue weighted by molar-refractivity contribution is 7.98. The standard InChI is InChI=1S/C43H54N8O3S/c1-26(2)51-37-16-32(15-34(35(37)23-46-51)41(53)45-22-36-38(55-4)11-27(3)47-42(36)54)31-5-6-39(44-21-31)49-9-7-48(8-10-49)33-24-50(25-33)40(52)20-43-17-28-12-29(18-43)14-30(13-28)19-43/h5-6,11,15-16,21,23,26,28-30,33H,7-10,12-14,17-20,22,24-25H2,1-4H3,(H,45,53)(H,47,54). The van der Waals surface area contributed by atoms with Gasteiger partial charge in [-0.3, -0.25) is 24.0 Å². The summed E-state index contributed by atoms with van der Waals surface area (Å²) >= 11 is 1.49. The second kappa shape index (κ2) is 14.4. The molecule has 10 rings (SSSR count). The first kappa shape index (κ1) is 36.5. The monoisotopic (exact) mass is 762 g/mol. The molecule has 4 saturated carbocycles. The summed E-state index contributed by atoms with van der Waals surface area (Å²) in [6.07, 6.45) is 14.5. The van der Waals surface area contributed by atoms with Crippen molar-refractivity contribution >= 4 is 40.3 Å². The minimum Gasteiger partial charge on any atom is -0.354 e. The normalized spacial score (nSPS) is 25.2. The number of carbonyl (C=O) groups excluding carboxylic acids is 2. The number of H-pyrrole nitrogens is 1. The first-order valence-electron chi connectivity index (χ1n) is 20.3. The lowest BCUT2D eigenvalue weighted by Gasteiger charge is -2.57. The molecule has 2 N–H and O–H groups in total. The minimum absolute atomic E-state index is 0.105. The Labute approximate surface area is 327 Å². The van der Waals surface area contributed by atoms with Gasteiger partial charge < -0.3 is 20.1 Å². The lowest BCUT2D eigenvalue weighted by molar-refractivity contribution is -0.146. The van der Waals surface area contributed by atoms with Crippen LogP contribution < -0.4 is 15.8 Å². The summed E-state index contributed by atoms with van der Waals surface area (Å²) in [6.45, 7) is 11.6. The summed E-state index contributed by atoms with van der Waals surface area (Å²) in [5.74, 6) is 3.76. The smallest absolute Gasteiger partial charge is 0.254 e. The lowest BCUT2D eigenvalue weighted by Crippen LogP contribution is -2.64. The third-order valence-corrected chi connectivity index (χ3v) is 14.3. The number of aromatic amines is 1. The number of amides is 2. The van der Waals surface area contributed by atoms with Crippen LogP contribution in [0.2, 0.25) is 0 Å². The van der Waals surface area contributed by atoms with E-state index in [1.807, 2.05) is 36.2 Å². The molecule has 0 unspecified atom stereocenters. The van der Waals surface area contributed by atoms with Gasteiger partial charge in [-0.1, -0.05) is 0 Å². The fraction of sp³-hybridized carbons (Fsp3) is 0.558. The van der Waals surface area contributed by atoms with E-state index in [9.17, 15) is 14.4 Å². The summed E-state index contributed by atoms with van der Waals surface area (Å²) < 4.78 is 1.94. The van der Waals surface area contributed by atoms with Crippen molar-refractivity contribution in [3.05, 3.63) is 69.9 Å². The quantitative estimate of drug-likeness (QED) is 0.182. The number of pyridine rings is 2. The van der Waals surface area contributed by atoms with Gasteiger partial charge in [0.1, 0.15) is 5.82 Å². The van der Waals surface area contributed by atoms with Crippen molar-refractivity contribution in [1.29, 1.82) is 0 Å². The van der Waals surface area contributed by atoms with Crippen LogP contribution in [0.15, 0.2) is 52.4 Å².